The summed E-state index contributed by atoms with van der Waals surface area (Å²) in [6.07, 6.45) is -3.54. The van der Waals surface area contributed by atoms with Gasteiger partial charge < -0.3 is 0 Å². The van der Waals surface area contributed by atoms with Crippen LogP contribution in [0.5, 0.6) is 0 Å². The van der Waals surface area contributed by atoms with Gasteiger partial charge in [-0.2, -0.15) is 18.3 Å². The first-order valence-corrected chi connectivity index (χ1v) is 6.89. The summed E-state index contributed by atoms with van der Waals surface area (Å²) in [6, 6.07) is 1.56. The molecular formula is C9H6ClF3N2O2S. The van der Waals surface area contributed by atoms with Crippen LogP contribution in [0.15, 0.2) is 23.2 Å². The van der Waals surface area contributed by atoms with E-state index < -0.39 is 25.7 Å². The normalized spacial score (nSPS) is 13.2. The van der Waals surface area contributed by atoms with Crippen LogP contribution in [0.2, 0.25) is 0 Å². The fourth-order valence-electron chi connectivity index (χ4n) is 1.65. The number of aryl methyl sites for hydroxylation is 1. The molecule has 0 aliphatic carbocycles. The molecule has 0 unspecified atom stereocenters. The van der Waals surface area contributed by atoms with Gasteiger partial charge in [-0.1, -0.05) is 0 Å². The summed E-state index contributed by atoms with van der Waals surface area (Å²) in [7, 11) is 2.17. The molecule has 0 atom stereocenters. The Balaban J connectivity index is 2.92. The quantitative estimate of drug-likeness (QED) is 0.760. The van der Waals surface area contributed by atoms with Crippen molar-refractivity contribution in [2.24, 2.45) is 7.05 Å². The van der Waals surface area contributed by atoms with Crippen molar-refractivity contribution in [3.8, 4) is 0 Å². The van der Waals surface area contributed by atoms with Crippen molar-refractivity contribution < 1.29 is 21.6 Å². The Bertz CT molecular complexity index is 721. The van der Waals surface area contributed by atoms with E-state index in [1.165, 1.54) is 7.05 Å². The van der Waals surface area contributed by atoms with Crippen LogP contribution in [-0.4, -0.2) is 18.2 Å². The molecule has 1 heterocycles. The zero-order chi connectivity index (χ0) is 13.7. The predicted octanol–water partition coefficient (Wildman–Crippen LogP) is 2.52. The van der Waals surface area contributed by atoms with E-state index in [1.54, 1.807) is 0 Å². The number of rotatable bonds is 1. The van der Waals surface area contributed by atoms with Gasteiger partial charge in [-0.3, -0.25) is 4.68 Å². The Morgan fingerprint density at radius 1 is 1.33 bits per heavy atom. The van der Waals surface area contributed by atoms with E-state index in [4.69, 9.17) is 10.7 Å². The zero-order valence-electron chi connectivity index (χ0n) is 8.86. The molecule has 4 nitrogen and oxygen atoms in total. The molecule has 0 bridgehead atoms. The van der Waals surface area contributed by atoms with Gasteiger partial charge in [-0.15, -0.1) is 0 Å². The van der Waals surface area contributed by atoms with Crippen LogP contribution in [-0.2, 0) is 22.3 Å². The first-order valence-electron chi connectivity index (χ1n) is 4.58. The highest BCUT2D eigenvalue weighted by atomic mass is 35.7. The second kappa shape index (κ2) is 3.86. The van der Waals surface area contributed by atoms with Crippen LogP contribution in [0, 0.1) is 0 Å². The number of benzene rings is 1. The second-order valence-corrected chi connectivity index (χ2v) is 6.18. The maximum atomic E-state index is 12.9. The SMILES string of the molecule is Cn1ncc2cc(S(=O)(=O)Cl)cc(C(F)(F)F)c21. The molecule has 1 aromatic heterocycles. The smallest absolute Gasteiger partial charge is 0.267 e. The summed E-state index contributed by atoms with van der Waals surface area (Å²) >= 11 is 0. The third-order valence-electron chi connectivity index (χ3n) is 2.39. The predicted molar refractivity (Wildman–Crippen MR) is 58.8 cm³/mol. The largest absolute Gasteiger partial charge is 0.418 e. The van der Waals surface area contributed by atoms with Gasteiger partial charge in [0.05, 0.1) is 22.2 Å². The lowest BCUT2D eigenvalue weighted by Gasteiger charge is -2.10. The Hall–Kier alpha value is -1.28. The molecule has 2 rings (SSSR count). The van der Waals surface area contributed by atoms with Crippen molar-refractivity contribution >= 4 is 30.6 Å². The van der Waals surface area contributed by atoms with Crippen molar-refractivity contribution in [1.82, 2.24) is 9.78 Å². The molecule has 0 aliphatic heterocycles. The standard InChI is InChI=1S/C9H6ClF3N2O2S/c1-15-8-5(4-14-15)2-6(18(10,16)17)3-7(8)9(11,12)13/h2-4H,1H3. The highest BCUT2D eigenvalue weighted by Crippen LogP contribution is 2.36. The highest BCUT2D eigenvalue weighted by molar-refractivity contribution is 8.13. The van der Waals surface area contributed by atoms with E-state index in [2.05, 4.69) is 5.10 Å². The Labute approximate surface area is 104 Å². The van der Waals surface area contributed by atoms with E-state index in [0.29, 0.717) is 6.07 Å². The molecule has 0 N–H and O–H groups in total. The summed E-state index contributed by atoms with van der Waals surface area (Å²) in [6.45, 7) is 0. The fraction of sp³-hybridized carbons (Fsp3) is 0.222. The minimum Gasteiger partial charge on any atom is -0.267 e. The molecular weight excluding hydrogens is 293 g/mol. The average Bonchev–Trinajstić information content (AvgIpc) is 2.56. The second-order valence-electron chi connectivity index (χ2n) is 3.61. The molecule has 0 radical (unpaired) electrons. The van der Waals surface area contributed by atoms with Gasteiger partial charge in [0.1, 0.15) is 0 Å². The van der Waals surface area contributed by atoms with Gasteiger partial charge in [0.2, 0.25) is 0 Å². The average molecular weight is 299 g/mol. The van der Waals surface area contributed by atoms with Crippen LogP contribution in [0.3, 0.4) is 0 Å². The highest BCUT2D eigenvalue weighted by Gasteiger charge is 2.35. The van der Waals surface area contributed by atoms with Crippen molar-refractivity contribution in [3.63, 3.8) is 0 Å². The van der Waals surface area contributed by atoms with Crippen LogP contribution in [0.1, 0.15) is 5.56 Å². The molecule has 2 aromatic rings. The summed E-state index contributed by atoms with van der Waals surface area (Å²) in [4.78, 5) is -0.600. The van der Waals surface area contributed by atoms with Crippen molar-refractivity contribution in [2.45, 2.75) is 11.1 Å². The van der Waals surface area contributed by atoms with Gasteiger partial charge in [0.15, 0.2) is 0 Å². The first kappa shape index (κ1) is 13.2. The third kappa shape index (κ3) is 2.17. The summed E-state index contributed by atoms with van der Waals surface area (Å²) < 4.78 is 61.9. The summed E-state index contributed by atoms with van der Waals surface area (Å²) in [5.41, 5.74) is -1.27. The maximum Gasteiger partial charge on any atom is 0.418 e. The number of hydrogen-bond acceptors (Lipinski definition) is 3. The van der Waals surface area contributed by atoms with Gasteiger partial charge in [-0.05, 0) is 12.1 Å². The van der Waals surface area contributed by atoms with Crippen molar-refractivity contribution in [2.75, 3.05) is 0 Å². The van der Waals surface area contributed by atoms with Crippen LogP contribution in [0.4, 0.5) is 13.2 Å². The topological polar surface area (TPSA) is 52.0 Å². The number of halogens is 4. The fourth-order valence-corrected chi connectivity index (χ4v) is 2.45. The Morgan fingerprint density at radius 2 is 1.94 bits per heavy atom. The van der Waals surface area contributed by atoms with Crippen LogP contribution < -0.4 is 0 Å². The van der Waals surface area contributed by atoms with Crippen LogP contribution >= 0.6 is 10.7 Å². The van der Waals surface area contributed by atoms with E-state index in [1.807, 2.05) is 0 Å². The molecule has 0 amide bonds. The third-order valence-corrected chi connectivity index (χ3v) is 3.73. The lowest BCUT2D eigenvalue weighted by atomic mass is 10.1. The minimum atomic E-state index is -4.69. The number of fused-ring (bicyclic) bond motifs is 1. The first-order chi connectivity index (χ1) is 8.10. The van der Waals surface area contributed by atoms with E-state index in [0.717, 1.165) is 16.9 Å². The Morgan fingerprint density at radius 3 is 2.44 bits per heavy atom. The number of nitrogens with zero attached hydrogens (tertiary/aromatic N) is 2. The molecule has 18 heavy (non-hydrogen) atoms. The molecule has 9 heteroatoms. The molecule has 0 saturated carbocycles. The molecule has 0 saturated heterocycles. The van der Waals surface area contributed by atoms with Gasteiger partial charge in [0, 0.05) is 23.1 Å². The molecule has 98 valence electrons. The summed E-state index contributed by atoms with van der Waals surface area (Å²) in [5, 5.41) is 3.73. The van der Waals surface area contributed by atoms with Crippen LogP contribution in [0.25, 0.3) is 10.9 Å². The zero-order valence-corrected chi connectivity index (χ0v) is 10.4. The number of alkyl halides is 3. The van der Waals surface area contributed by atoms with E-state index in [-0.39, 0.29) is 10.9 Å². The van der Waals surface area contributed by atoms with Gasteiger partial charge in [0.25, 0.3) is 9.05 Å². The van der Waals surface area contributed by atoms with Crippen molar-refractivity contribution in [1.29, 1.82) is 0 Å². The lowest BCUT2D eigenvalue weighted by Crippen LogP contribution is -2.09. The van der Waals surface area contributed by atoms with Crippen molar-refractivity contribution in [3.05, 3.63) is 23.9 Å². The minimum absolute atomic E-state index is 0.0616. The lowest BCUT2D eigenvalue weighted by molar-refractivity contribution is -0.136. The molecule has 1 aromatic carbocycles. The number of hydrogen-bond donors (Lipinski definition) is 0. The van der Waals surface area contributed by atoms with Gasteiger partial charge in [-0.25, -0.2) is 8.42 Å². The number of aromatic nitrogens is 2. The molecule has 0 spiro atoms. The monoisotopic (exact) mass is 298 g/mol. The maximum absolute atomic E-state index is 12.9. The van der Waals surface area contributed by atoms with E-state index in [9.17, 15) is 21.6 Å². The van der Waals surface area contributed by atoms with E-state index >= 15 is 0 Å². The summed E-state index contributed by atoms with van der Waals surface area (Å²) in [5.74, 6) is 0. The molecule has 0 aliphatic rings. The Kier molecular flexibility index (Phi) is 2.82. The van der Waals surface area contributed by atoms with Gasteiger partial charge >= 0.3 is 6.18 Å². The molecule has 0 fully saturated rings.